The topological polar surface area (TPSA) is 87.7 Å². The highest BCUT2D eigenvalue weighted by Gasteiger charge is 2.42. The first kappa shape index (κ1) is 23.5. The van der Waals surface area contributed by atoms with Crippen molar-refractivity contribution in [3.63, 3.8) is 0 Å². The quantitative estimate of drug-likeness (QED) is 0.318. The van der Waals surface area contributed by atoms with Crippen LogP contribution in [0.1, 0.15) is 53.0 Å². The standard InChI is InChI=1S/C29H29N3O4/c1-3-4-16-32-28(25-26(30-31-27(25)29(32)34)21-12-8-9-13-22(21)33)20-14-15-23(24(17-20)35-2)36-18-19-10-6-5-7-11-19/h5-15,17,28,33H,3-4,16,18H2,1-2H3,(H,30,31)/t28-/m1/s1. The van der Waals surface area contributed by atoms with Crippen molar-refractivity contribution < 1.29 is 19.4 Å². The molecule has 1 aliphatic heterocycles. The number of nitrogens with zero attached hydrogens (tertiary/aromatic N) is 2. The van der Waals surface area contributed by atoms with Gasteiger partial charge in [-0.2, -0.15) is 5.10 Å². The van der Waals surface area contributed by atoms with E-state index in [9.17, 15) is 9.90 Å². The summed E-state index contributed by atoms with van der Waals surface area (Å²) in [7, 11) is 1.61. The molecule has 7 heteroatoms. The molecule has 184 valence electrons. The molecule has 1 amide bonds. The molecule has 3 aromatic carbocycles. The number of aromatic amines is 1. The summed E-state index contributed by atoms with van der Waals surface area (Å²) in [6, 6.07) is 22.4. The number of benzene rings is 3. The number of ether oxygens (including phenoxy) is 2. The number of phenols is 1. The van der Waals surface area contributed by atoms with Crippen molar-refractivity contribution in [2.75, 3.05) is 13.7 Å². The monoisotopic (exact) mass is 483 g/mol. The molecular formula is C29H29N3O4. The van der Waals surface area contributed by atoms with E-state index in [0.717, 1.165) is 29.5 Å². The summed E-state index contributed by atoms with van der Waals surface area (Å²) in [6.07, 6.45) is 1.84. The molecule has 0 spiro atoms. The summed E-state index contributed by atoms with van der Waals surface area (Å²) < 4.78 is 11.7. The maximum Gasteiger partial charge on any atom is 0.273 e. The molecule has 0 unspecified atom stereocenters. The second-order valence-corrected chi connectivity index (χ2v) is 8.82. The molecule has 0 radical (unpaired) electrons. The molecule has 0 aliphatic carbocycles. The van der Waals surface area contributed by atoms with Crippen LogP contribution >= 0.6 is 0 Å². The van der Waals surface area contributed by atoms with Crippen LogP contribution in [0.15, 0.2) is 72.8 Å². The molecule has 4 aromatic rings. The predicted molar refractivity (Wildman–Crippen MR) is 137 cm³/mol. The van der Waals surface area contributed by atoms with E-state index in [1.54, 1.807) is 19.2 Å². The average molecular weight is 484 g/mol. The van der Waals surface area contributed by atoms with Gasteiger partial charge in [-0.15, -0.1) is 0 Å². The summed E-state index contributed by atoms with van der Waals surface area (Å²) in [6.45, 7) is 3.13. The normalized spacial score (nSPS) is 14.7. The van der Waals surface area contributed by atoms with Crippen LogP contribution < -0.4 is 9.47 Å². The van der Waals surface area contributed by atoms with E-state index in [0.29, 0.717) is 41.6 Å². The summed E-state index contributed by atoms with van der Waals surface area (Å²) in [5, 5.41) is 17.9. The third kappa shape index (κ3) is 4.28. The van der Waals surface area contributed by atoms with Crippen molar-refractivity contribution in [3.8, 4) is 28.5 Å². The van der Waals surface area contributed by atoms with Crippen LogP contribution in [-0.4, -0.2) is 39.8 Å². The molecule has 2 heterocycles. The van der Waals surface area contributed by atoms with Crippen molar-refractivity contribution in [2.45, 2.75) is 32.4 Å². The Labute approximate surface area is 210 Å². The van der Waals surface area contributed by atoms with Gasteiger partial charge in [0.1, 0.15) is 23.7 Å². The van der Waals surface area contributed by atoms with Crippen molar-refractivity contribution >= 4 is 5.91 Å². The zero-order chi connectivity index (χ0) is 25.1. The number of rotatable bonds is 9. The largest absolute Gasteiger partial charge is 0.507 e. The Kier molecular flexibility index (Phi) is 6.62. The van der Waals surface area contributed by atoms with E-state index < -0.39 is 0 Å². The molecule has 36 heavy (non-hydrogen) atoms. The molecule has 0 fully saturated rings. The third-order valence-electron chi connectivity index (χ3n) is 6.52. The Morgan fingerprint density at radius 2 is 1.81 bits per heavy atom. The van der Waals surface area contributed by atoms with Gasteiger partial charge in [0.15, 0.2) is 11.5 Å². The number of nitrogens with one attached hydrogen (secondary N) is 1. The fourth-order valence-corrected chi connectivity index (χ4v) is 4.69. The smallest absolute Gasteiger partial charge is 0.273 e. The van der Waals surface area contributed by atoms with E-state index in [4.69, 9.17) is 9.47 Å². The van der Waals surface area contributed by atoms with Crippen LogP contribution in [-0.2, 0) is 6.61 Å². The number of H-pyrrole nitrogens is 1. The van der Waals surface area contributed by atoms with Crippen molar-refractivity contribution in [1.29, 1.82) is 0 Å². The summed E-state index contributed by atoms with van der Waals surface area (Å²) in [5.41, 5.74) is 4.32. The molecule has 7 nitrogen and oxygen atoms in total. The lowest BCUT2D eigenvalue weighted by Gasteiger charge is -2.27. The average Bonchev–Trinajstić information content (AvgIpc) is 3.45. The van der Waals surface area contributed by atoms with Crippen LogP contribution in [0.4, 0.5) is 0 Å². The minimum Gasteiger partial charge on any atom is -0.507 e. The number of aromatic nitrogens is 2. The molecule has 2 N–H and O–H groups in total. The van der Waals surface area contributed by atoms with Gasteiger partial charge in [-0.1, -0.05) is 61.9 Å². The van der Waals surface area contributed by atoms with Crippen LogP contribution in [0.25, 0.3) is 11.3 Å². The van der Waals surface area contributed by atoms with Gasteiger partial charge in [0.05, 0.1) is 13.2 Å². The lowest BCUT2D eigenvalue weighted by Crippen LogP contribution is -2.30. The maximum atomic E-state index is 13.4. The summed E-state index contributed by atoms with van der Waals surface area (Å²) >= 11 is 0. The number of para-hydroxylation sites is 1. The van der Waals surface area contributed by atoms with Crippen molar-refractivity contribution in [2.24, 2.45) is 0 Å². The highest BCUT2D eigenvalue weighted by Crippen LogP contribution is 2.46. The van der Waals surface area contributed by atoms with Crippen molar-refractivity contribution in [1.82, 2.24) is 15.1 Å². The zero-order valence-electron chi connectivity index (χ0n) is 20.4. The number of amides is 1. The molecular weight excluding hydrogens is 454 g/mol. The number of fused-ring (bicyclic) bond motifs is 1. The first-order valence-corrected chi connectivity index (χ1v) is 12.1. The first-order chi connectivity index (χ1) is 17.6. The van der Waals surface area contributed by atoms with E-state index in [-0.39, 0.29) is 17.7 Å². The van der Waals surface area contributed by atoms with E-state index >= 15 is 0 Å². The summed E-state index contributed by atoms with van der Waals surface area (Å²) in [4.78, 5) is 15.3. The number of carbonyl (C=O) groups is 1. The molecule has 1 aromatic heterocycles. The number of aromatic hydroxyl groups is 1. The third-order valence-corrected chi connectivity index (χ3v) is 6.52. The zero-order valence-corrected chi connectivity index (χ0v) is 20.4. The van der Waals surface area contributed by atoms with E-state index in [2.05, 4.69) is 17.1 Å². The Balaban J connectivity index is 1.55. The fraction of sp³-hybridized carbons (Fsp3) is 0.241. The van der Waals surface area contributed by atoms with Crippen LogP contribution in [0.5, 0.6) is 17.2 Å². The maximum absolute atomic E-state index is 13.4. The molecule has 0 saturated carbocycles. The van der Waals surface area contributed by atoms with Crippen molar-refractivity contribution in [3.05, 3.63) is 95.2 Å². The van der Waals surface area contributed by atoms with Crippen LogP contribution in [0.3, 0.4) is 0 Å². The second kappa shape index (κ2) is 10.2. The summed E-state index contributed by atoms with van der Waals surface area (Å²) in [5.74, 6) is 1.24. The molecule has 5 rings (SSSR count). The number of hydrogen-bond acceptors (Lipinski definition) is 5. The number of carbonyl (C=O) groups excluding carboxylic acids is 1. The Bertz CT molecular complexity index is 1370. The number of hydrogen-bond donors (Lipinski definition) is 2. The van der Waals surface area contributed by atoms with Gasteiger partial charge in [0, 0.05) is 17.7 Å². The minimum absolute atomic E-state index is 0.0963. The lowest BCUT2D eigenvalue weighted by molar-refractivity contribution is 0.0741. The molecule has 0 bridgehead atoms. The Morgan fingerprint density at radius 1 is 1.03 bits per heavy atom. The Hall–Kier alpha value is -4.26. The molecule has 1 atom stereocenters. The molecule has 1 aliphatic rings. The van der Waals surface area contributed by atoms with Gasteiger partial charge >= 0.3 is 0 Å². The van der Waals surface area contributed by atoms with E-state index in [1.165, 1.54) is 0 Å². The highest BCUT2D eigenvalue weighted by atomic mass is 16.5. The predicted octanol–water partition coefficient (Wildman–Crippen LogP) is 5.72. The molecule has 0 saturated heterocycles. The highest BCUT2D eigenvalue weighted by molar-refractivity contribution is 6.00. The first-order valence-electron chi connectivity index (χ1n) is 12.1. The van der Waals surface area contributed by atoms with Crippen LogP contribution in [0.2, 0.25) is 0 Å². The Morgan fingerprint density at radius 3 is 2.56 bits per heavy atom. The van der Waals surface area contributed by atoms with Gasteiger partial charge in [-0.25, -0.2) is 0 Å². The van der Waals surface area contributed by atoms with Crippen LogP contribution in [0, 0.1) is 0 Å². The number of methoxy groups -OCH3 is 1. The number of unbranched alkanes of at least 4 members (excludes halogenated alkanes) is 1. The minimum atomic E-state index is -0.371. The van der Waals surface area contributed by atoms with Gasteiger partial charge in [0.25, 0.3) is 5.91 Å². The second-order valence-electron chi connectivity index (χ2n) is 8.82. The van der Waals surface area contributed by atoms with E-state index in [1.807, 2.05) is 65.6 Å². The van der Waals surface area contributed by atoms with Gasteiger partial charge < -0.3 is 19.5 Å². The number of phenolic OH excluding ortho intramolecular Hbond substituents is 1. The lowest BCUT2D eigenvalue weighted by atomic mass is 9.95. The van der Waals surface area contributed by atoms with Gasteiger partial charge in [-0.3, -0.25) is 9.89 Å². The van der Waals surface area contributed by atoms with Gasteiger partial charge in [0.2, 0.25) is 0 Å². The van der Waals surface area contributed by atoms with Gasteiger partial charge in [-0.05, 0) is 41.8 Å². The fourth-order valence-electron chi connectivity index (χ4n) is 4.69. The SMILES string of the molecule is CCCCN1C(=O)c2[nH]nc(-c3ccccc3O)c2[C@H]1c1ccc(OCc2ccccc2)c(OC)c1.